The van der Waals surface area contributed by atoms with Gasteiger partial charge in [-0.05, 0) is 24.6 Å². The van der Waals surface area contributed by atoms with Gasteiger partial charge in [-0.2, -0.15) is 0 Å². The van der Waals surface area contributed by atoms with Gasteiger partial charge in [-0.15, -0.1) is 10.2 Å². The number of carbonyl (C=O) groups excluding carboxylic acids is 1. The van der Waals surface area contributed by atoms with Crippen molar-refractivity contribution < 1.29 is 9.21 Å². The van der Waals surface area contributed by atoms with Crippen molar-refractivity contribution in [3.8, 4) is 0 Å². The Kier molecular flexibility index (Phi) is 5.73. The molecule has 0 bridgehead atoms. The molecule has 1 heterocycles. The van der Waals surface area contributed by atoms with Gasteiger partial charge in [0.05, 0.1) is 22.4 Å². The van der Waals surface area contributed by atoms with E-state index in [9.17, 15) is 4.79 Å². The maximum atomic E-state index is 12.3. The lowest BCUT2D eigenvalue weighted by Gasteiger charge is -2.10. The number of halogens is 1. The smallest absolute Gasteiger partial charge is 0.277 e. The summed E-state index contributed by atoms with van der Waals surface area (Å²) in [5.74, 6) is 0.341. The molecule has 0 radical (unpaired) electrons. The fourth-order valence-corrected chi connectivity index (χ4v) is 3.01. The molecule has 1 atom stereocenters. The summed E-state index contributed by atoms with van der Waals surface area (Å²) in [4.78, 5) is 12.3. The molecule has 1 amide bonds. The van der Waals surface area contributed by atoms with E-state index in [2.05, 4.69) is 15.5 Å². The van der Waals surface area contributed by atoms with Crippen molar-refractivity contribution in [1.29, 1.82) is 0 Å². The zero-order chi connectivity index (χ0) is 17.6. The Labute approximate surface area is 154 Å². The predicted octanol–water partition coefficient (Wildman–Crippen LogP) is 4.43. The van der Waals surface area contributed by atoms with Crippen molar-refractivity contribution in [2.24, 2.45) is 0 Å². The molecule has 0 saturated heterocycles. The van der Waals surface area contributed by atoms with Crippen molar-refractivity contribution in [3.63, 3.8) is 0 Å². The average Bonchev–Trinajstić information content (AvgIpc) is 3.04. The van der Waals surface area contributed by atoms with Gasteiger partial charge in [0, 0.05) is 0 Å². The van der Waals surface area contributed by atoms with Crippen LogP contribution in [0.5, 0.6) is 0 Å². The Morgan fingerprint density at radius 1 is 1.16 bits per heavy atom. The van der Waals surface area contributed by atoms with Crippen LogP contribution < -0.4 is 5.32 Å². The van der Waals surface area contributed by atoms with Gasteiger partial charge in [-0.1, -0.05) is 65.8 Å². The van der Waals surface area contributed by atoms with E-state index < -0.39 is 5.25 Å². The van der Waals surface area contributed by atoms with Gasteiger partial charge in [-0.3, -0.25) is 4.79 Å². The molecular formula is C18H16ClN3O2S. The van der Waals surface area contributed by atoms with Gasteiger partial charge < -0.3 is 9.73 Å². The lowest BCUT2D eigenvalue weighted by molar-refractivity contribution is -0.115. The first-order valence-electron chi connectivity index (χ1n) is 7.70. The first kappa shape index (κ1) is 17.5. The summed E-state index contributed by atoms with van der Waals surface area (Å²) in [6.45, 7) is 1.78. The SMILES string of the molecule is C[C@@H](Sc1nnc(Cc2ccccc2)o1)C(=O)Nc1ccccc1Cl. The highest BCUT2D eigenvalue weighted by Crippen LogP contribution is 2.25. The number of aromatic nitrogens is 2. The van der Waals surface area contributed by atoms with Crippen LogP contribution in [-0.2, 0) is 11.2 Å². The quantitative estimate of drug-likeness (QED) is 0.647. The number of nitrogens with one attached hydrogen (secondary N) is 1. The maximum Gasteiger partial charge on any atom is 0.277 e. The number of anilines is 1. The van der Waals surface area contributed by atoms with Gasteiger partial charge in [0.2, 0.25) is 11.8 Å². The standard InChI is InChI=1S/C18H16ClN3O2S/c1-12(17(23)20-15-10-6-5-9-14(15)19)25-18-22-21-16(24-18)11-13-7-3-2-4-8-13/h2-10,12H,11H2,1H3,(H,20,23)/t12-/m1/s1. The van der Waals surface area contributed by atoms with Gasteiger partial charge in [0.25, 0.3) is 5.22 Å². The fraction of sp³-hybridized carbons (Fsp3) is 0.167. The second-order valence-corrected chi connectivity index (χ2v) is 7.05. The van der Waals surface area contributed by atoms with Crippen molar-refractivity contribution in [2.75, 3.05) is 5.32 Å². The number of carbonyl (C=O) groups is 1. The molecule has 0 aliphatic carbocycles. The van der Waals surface area contributed by atoms with Crippen LogP contribution in [0.25, 0.3) is 0 Å². The number of para-hydroxylation sites is 1. The third-order valence-electron chi connectivity index (χ3n) is 3.43. The molecule has 5 nitrogen and oxygen atoms in total. The molecule has 0 aliphatic heterocycles. The topological polar surface area (TPSA) is 68.0 Å². The summed E-state index contributed by atoms with van der Waals surface area (Å²) in [5.41, 5.74) is 1.67. The van der Waals surface area contributed by atoms with Crippen molar-refractivity contribution in [3.05, 3.63) is 71.1 Å². The number of thioether (sulfide) groups is 1. The second kappa shape index (κ2) is 8.18. The van der Waals surface area contributed by atoms with Gasteiger partial charge in [-0.25, -0.2) is 0 Å². The summed E-state index contributed by atoms with van der Waals surface area (Å²) >= 11 is 7.26. The minimum atomic E-state index is -0.402. The highest BCUT2D eigenvalue weighted by atomic mass is 35.5. The molecule has 3 aromatic rings. The van der Waals surface area contributed by atoms with E-state index in [-0.39, 0.29) is 5.91 Å². The van der Waals surface area contributed by atoms with Crippen LogP contribution in [0.3, 0.4) is 0 Å². The molecule has 0 fully saturated rings. The summed E-state index contributed by atoms with van der Waals surface area (Å²) in [5, 5.41) is 11.3. The van der Waals surface area contributed by atoms with E-state index in [0.29, 0.717) is 28.2 Å². The Hall–Kier alpha value is -2.31. The fourth-order valence-electron chi connectivity index (χ4n) is 2.13. The largest absolute Gasteiger partial charge is 0.416 e. The Morgan fingerprint density at radius 2 is 1.88 bits per heavy atom. The first-order valence-corrected chi connectivity index (χ1v) is 8.96. The van der Waals surface area contributed by atoms with E-state index in [1.807, 2.05) is 42.5 Å². The minimum absolute atomic E-state index is 0.180. The summed E-state index contributed by atoms with van der Waals surface area (Å²) < 4.78 is 5.62. The number of rotatable bonds is 6. The zero-order valence-corrected chi connectivity index (χ0v) is 15.1. The molecule has 0 saturated carbocycles. The Bertz CT molecular complexity index is 854. The summed E-state index contributed by atoms with van der Waals surface area (Å²) in [7, 11) is 0. The molecule has 3 rings (SSSR count). The van der Waals surface area contributed by atoms with E-state index >= 15 is 0 Å². The Balaban J connectivity index is 1.58. The van der Waals surface area contributed by atoms with Crippen LogP contribution >= 0.6 is 23.4 Å². The molecule has 25 heavy (non-hydrogen) atoms. The molecular weight excluding hydrogens is 358 g/mol. The number of nitrogens with zero attached hydrogens (tertiary/aromatic N) is 2. The van der Waals surface area contributed by atoms with Crippen LogP contribution in [0.4, 0.5) is 5.69 Å². The molecule has 1 aromatic heterocycles. The molecule has 7 heteroatoms. The third-order valence-corrected chi connectivity index (χ3v) is 4.69. The highest BCUT2D eigenvalue weighted by Gasteiger charge is 2.19. The number of amides is 1. The normalized spacial score (nSPS) is 11.9. The van der Waals surface area contributed by atoms with Crippen LogP contribution in [0, 0.1) is 0 Å². The lowest BCUT2D eigenvalue weighted by Crippen LogP contribution is -2.22. The number of hydrogen-bond acceptors (Lipinski definition) is 5. The molecule has 2 aromatic carbocycles. The van der Waals surface area contributed by atoms with E-state index in [4.69, 9.17) is 16.0 Å². The second-order valence-electron chi connectivity index (χ2n) is 5.35. The van der Waals surface area contributed by atoms with E-state index in [1.54, 1.807) is 19.1 Å². The molecule has 1 N–H and O–H groups in total. The van der Waals surface area contributed by atoms with Crippen LogP contribution in [0.15, 0.2) is 64.2 Å². The summed E-state index contributed by atoms with van der Waals surface area (Å²) in [6, 6.07) is 17.0. The molecule has 0 spiro atoms. The Morgan fingerprint density at radius 3 is 2.64 bits per heavy atom. The molecule has 0 unspecified atom stereocenters. The summed E-state index contributed by atoms with van der Waals surface area (Å²) in [6.07, 6.45) is 0.564. The van der Waals surface area contributed by atoms with E-state index in [0.717, 1.165) is 5.56 Å². The average molecular weight is 374 g/mol. The first-order chi connectivity index (χ1) is 12.1. The van der Waals surface area contributed by atoms with Gasteiger partial charge in [0.1, 0.15) is 0 Å². The van der Waals surface area contributed by atoms with Gasteiger partial charge in [0.15, 0.2) is 0 Å². The number of benzene rings is 2. The third kappa shape index (κ3) is 4.84. The monoisotopic (exact) mass is 373 g/mol. The maximum absolute atomic E-state index is 12.3. The van der Waals surface area contributed by atoms with E-state index in [1.165, 1.54) is 11.8 Å². The highest BCUT2D eigenvalue weighted by molar-refractivity contribution is 8.00. The molecule has 128 valence electrons. The van der Waals surface area contributed by atoms with Crippen LogP contribution in [-0.4, -0.2) is 21.4 Å². The predicted molar refractivity (Wildman–Crippen MR) is 98.9 cm³/mol. The van der Waals surface area contributed by atoms with Crippen LogP contribution in [0.1, 0.15) is 18.4 Å². The van der Waals surface area contributed by atoms with Crippen LogP contribution in [0.2, 0.25) is 5.02 Å². The number of hydrogen-bond donors (Lipinski definition) is 1. The van der Waals surface area contributed by atoms with Crippen molar-refractivity contribution in [1.82, 2.24) is 10.2 Å². The molecule has 0 aliphatic rings. The van der Waals surface area contributed by atoms with Crippen molar-refractivity contribution >= 4 is 35.0 Å². The van der Waals surface area contributed by atoms with Gasteiger partial charge >= 0.3 is 0 Å². The minimum Gasteiger partial charge on any atom is -0.416 e. The van der Waals surface area contributed by atoms with Crippen molar-refractivity contribution in [2.45, 2.75) is 23.8 Å². The zero-order valence-electron chi connectivity index (χ0n) is 13.5. The lowest BCUT2D eigenvalue weighted by atomic mass is 10.2.